The lowest BCUT2D eigenvalue weighted by Crippen LogP contribution is -1.86. The van der Waals surface area contributed by atoms with E-state index in [0.29, 0.717) is 0 Å². The average molecular weight is 133 g/mol. The summed E-state index contributed by atoms with van der Waals surface area (Å²) in [5.41, 5.74) is 2.81. The van der Waals surface area contributed by atoms with Gasteiger partial charge in [0, 0.05) is 0 Å². The van der Waals surface area contributed by atoms with Gasteiger partial charge in [0.1, 0.15) is 0 Å². The van der Waals surface area contributed by atoms with Crippen molar-refractivity contribution in [3.8, 4) is 0 Å². The normalized spacial score (nSPS) is 9.80. The predicted molar refractivity (Wildman–Crippen MR) is 44.9 cm³/mol. The fraction of sp³-hybridized carbons (Fsp3) is 0.300. The van der Waals surface area contributed by atoms with E-state index in [4.69, 9.17) is 0 Å². The maximum atomic E-state index is 3.82. The fourth-order valence-corrected chi connectivity index (χ4v) is 1.08. The molecule has 0 heteroatoms. The van der Waals surface area contributed by atoms with Gasteiger partial charge in [-0.15, -0.1) is 0 Å². The van der Waals surface area contributed by atoms with E-state index < -0.39 is 0 Å². The van der Waals surface area contributed by atoms with Crippen molar-refractivity contribution in [1.29, 1.82) is 0 Å². The van der Waals surface area contributed by atoms with Gasteiger partial charge < -0.3 is 6.92 Å². The highest BCUT2D eigenvalue weighted by molar-refractivity contribution is 5.25. The molecule has 0 aliphatic heterocycles. The molecule has 1 rings (SSSR count). The first-order chi connectivity index (χ1) is 4.84. The Labute approximate surface area is 62.9 Å². The van der Waals surface area contributed by atoms with Gasteiger partial charge in [-0.3, -0.25) is 0 Å². The third kappa shape index (κ3) is 1.60. The molecule has 0 spiro atoms. The molecule has 0 aliphatic rings. The van der Waals surface area contributed by atoms with Crippen LogP contribution in [0.3, 0.4) is 0 Å². The molecule has 10 heavy (non-hydrogen) atoms. The Morgan fingerprint density at radius 2 is 2.00 bits per heavy atom. The van der Waals surface area contributed by atoms with E-state index in [-0.39, 0.29) is 0 Å². The quantitative estimate of drug-likeness (QED) is 0.544. The Balaban J connectivity index is 2.81. The highest BCUT2D eigenvalue weighted by Crippen LogP contribution is 2.08. The van der Waals surface area contributed by atoms with Crippen molar-refractivity contribution in [2.75, 3.05) is 0 Å². The van der Waals surface area contributed by atoms with Crippen molar-refractivity contribution in [1.82, 2.24) is 0 Å². The van der Waals surface area contributed by atoms with Crippen LogP contribution in [0.2, 0.25) is 0 Å². The van der Waals surface area contributed by atoms with Crippen LogP contribution in [0.4, 0.5) is 0 Å². The van der Waals surface area contributed by atoms with E-state index >= 15 is 0 Å². The lowest BCUT2D eigenvalue weighted by atomic mass is 10.1. The molecule has 0 radical (unpaired) electrons. The smallest absolute Gasteiger partial charge is 0.0395 e. The van der Waals surface area contributed by atoms with Crippen LogP contribution in [0.5, 0.6) is 0 Å². The minimum atomic E-state index is 0.991. The summed E-state index contributed by atoms with van der Waals surface area (Å²) in [5.74, 6) is 0. The number of aryl methyl sites for hydroxylation is 2. The van der Waals surface area contributed by atoms with Crippen LogP contribution in [0.1, 0.15) is 17.5 Å². The van der Waals surface area contributed by atoms with Crippen LogP contribution >= 0.6 is 0 Å². The van der Waals surface area contributed by atoms with Crippen molar-refractivity contribution in [3.63, 3.8) is 0 Å². The molecule has 0 heterocycles. The molecule has 0 bridgehead atoms. The molecular formula is C10H13-. The summed E-state index contributed by atoms with van der Waals surface area (Å²) in [5, 5.41) is 0. The van der Waals surface area contributed by atoms with E-state index in [0.717, 1.165) is 12.8 Å². The van der Waals surface area contributed by atoms with Gasteiger partial charge in [0.05, 0.1) is 0 Å². The van der Waals surface area contributed by atoms with Crippen LogP contribution in [-0.2, 0) is 6.42 Å². The SMILES string of the molecule is [CH2-]CCc1ccccc1C. The number of rotatable bonds is 2. The van der Waals surface area contributed by atoms with Crippen LogP contribution in [0.15, 0.2) is 24.3 Å². The van der Waals surface area contributed by atoms with Gasteiger partial charge in [0.25, 0.3) is 0 Å². The number of hydrogen-bond acceptors (Lipinski definition) is 0. The standard InChI is InChI=1S/C10H13/c1-3-6-10-8-5-4-7-9(10)2/h4-5,7-8H,1,3,6H2,2H3/q-1. The lowest BCUT2D eigenvalue weighted by molar-refractivity contribution is 0.985. The highest BCUT2D eigenvalue weighted by Gasteiger charge is 1.90. The van der Waals surface area contributed by atoms with E-state index in [1.165, 1.54) is 11.1 Å². The second-order valence-corrected chi connectivity index (χ2v) is 2.53. The van der Waals surface area contributed by atoms with Gasteiger partial charge in [-0.05, 0) is 18.1 Å². The minimum absolute atomic E-state index is 0.991. The second kappa shape index (κ2) is 3.40. The molecule has 54 valence electrons. The molecule has 0 saturated heterocycles. The van der Waals surface area contributed by atoms with Gasteiger partial charge in [0.2, 0.25) is 0 Å². The van der Waals surface area contributed by atoms with Gasteiger partial charge in [0.15, 0.2) is 0 Å². The molecular weight excluding hydrogens is 120 g/mol. The topological polar surface area (TPSA) is 0 Å². The van der Waals surface area contributed by atoms with Crippen molar-refractivity contribution in [3.05, 3.63) is 42.3 Å². The largest absolute Gasteiger partial charge is 0.343 e. The van der Waals surface area contributed by atoms with E-state index in [1.807, 2.05) is 0 Å². The van der Waals surface area contributed by atoms with Gasteiger partial charge >= 0.3 is 0 Å². The Kier molecular flexibility index (Phi) is 2.49. The van der Waals surface area contributed by atoms with Gasteiger partial charge in [-0.2, -0.15) is 6.42 Å². The summed E-state index contributed by atoms with van der Waals surface area (Å²) < 4.78 is 0. The van der Waals surface area contributed by atoms with Crippen LogP contribution < -0.4 is 0 Å². The molecule has 0 nitrogen and oxygen atoms in total. The summed E-state index contributed by atoms with van der Waals surface area (Å²) in [6, 6.07) is 8.46. The Morgan fingerprint density at radius 3 is 2.60 bits per heavy atom. The Hall–Kier alpha value is -0.780. The third-order valence-electron chi connectivity index (χ3n) is 1.71. The first kappa shape index (κ1) is 7.33. The lowest BCUT2D eigenvalue weighted by Gasteiger charge is -2.03. The molecule has 0 aliphatic carbocycles. The van der Waals surface area contributed by atoms with Crippen molar-refractivity contribution >= 4 is 0 Å². The summed E-state index contributed by atoms with van der Waals surface area (Å²) >= 11 is 0. The highest BCUT2D eigenvalue weighted by atomic mass is 14.0. The van der Waals surface area contributed by atoms with Crippen LogP contribution in [0.25, 0.3) is 0 Å². The molecule has 0 aromatic heterocycles. The molecule has 0 amide bonds. The van der Waals surface area contributed by atoms with Crippen molar-refractivity contribution < 1.29 is 0 Å². The molecule has 0 atom stereocenters. The summed E-state index contributed by atoms with van der Waals surface area (Å²) in [7, 11) is 0. The molecule has 1 aromatic rings. The zero-order valence-electron chi connectivity index (χ0n) is 6.43. The average Bonchev–Trinajstić information content (AvgIpc) is 1.94. The van der Waals surface area contributed by atoms with Crippen molar-refractivity contribution in [2.24, 2.45) is 0 Å². The number of hydrogen-bond donors (Lipinski definition) is 0. The van der Waals surface area contributed by atoms with Crippen molar-refractivity contribution in [2.45, 2.75) is 19.8 Å². The first-order valence-electron chi connectivity index (χ1n) is 3.68. The zero-order chi connectivity index (χ0) is 7.40. The number of benzene rings is 1. The Bertz CT molecular complexity index is 201. The summed E-state index contributed by atoms with van der Waals surface area (Å²) in [6.45, 7) is 5.97. The minimum Gasteiger partial charge on any atom is -0.343 e. The van der Waals surface area contributed by atoms with Crippen LogP contribution in [0, 0.1) is 13.8 Å². The fourth-order valence-electron chi connectivity index (χ4n) is 1.08. The molecule has 0 fully saturated rings. The van der Waals surface area contributed by atoms with Gasteiger partial charge in [-0.25, -0.2) is 0 Å². The Morgan fingerprint density at radius 1 is 1.30 bits per heavy atom. The third-order valence-corrected chi connectivity index (χ3v) is 1.71. The van der Waals surface area contributed by atoms with E-state index in [9.17, 15) is 0 Å². The maximum Gasteiger partial charge on any atom is -0.0395 e. The van der Waals surface area contributed by atoms with E-state index in [2.05, 4.69) is 38.1 Å². The maximum absolute atomic E-state index is 3.82. The molecule has 0 N–H and O–H groups in total. The molecule has 0 saturated carbocycles. The zero-order valence-corrected chi connectivity index (χ0v) is 6.43. The second-order valence-electron chi connectivity index (χ2n) is 2.53. The van der Waals surface area contributed by atoms with Crippen LogP contribution in [-0.4, -0.2) is 0 Å². The predicted octanol–water partition coefficient (Wildman–Crippen LogP) is 2.76. The monoisotopic (exact) mass is 133 g/mol. The summed E-state index contributed by atoms with van der Waals surface area (Å²) in [4.78, 5) is 0. The summed E-state index contributed by atoms with van der Waals surface area (Å²) in [6.07, 6.45) is 2.09. The van der Waals surface area contributed by atoms with Gasteiger partial charge in [-0.1, -0.05) is 30.7 Å². The molecule has 1 aromatic carbocycles. The first-order valence-corrected chi connectivity index (χ1v) is 3.68. The van der Waals surface area contributed by atoms with E-state index in [1.54, 1.807) is 0 Å². The molecule has 0 unspecified atom stereocenters.